The van der Waals surface area contributed by atoms with Gasteiger partial charge in [0.2, 0.25) is 5.13 Å². The number of hydrogen-bond acceptors (Lipinski definition) is 6. The highest BCUT2D eigenvalue weighted by molar-refractivity contribution is 8.01. The lowest BCUT2D eigenvalue weighted by molar-refractivity contribution is 0.102. The molecule has 4 aromatic rings. The number of nitrogens with one attached hydrogen (secondary N) is 1. The van der Waals surface area contributed by atoms with E-state index in [0.29, 0.717) is 16.4 Å². The van der Waals surface area contributed by atoms with Gasteiger partial charge in [0.1, 0.15) is 5.69 Å². The minimum atomic E-state index is -0.276. The molecular formula is C21H17N5OS2. The number of amides is 1. The Kier molecular flexibility index (Phi) is 5.83. The summed E-state index contributed by atoms with van der Waals surface area (Å²) in [7, 11) is 0. The van der Waals surface area contributed by atoms with E-state index >= 15 is 0 Å². The SMILES string of the molecule is C=CCSc1nnc(NC(=O)c2cn(-c3ccccc3)nc2-c2ccccc2)s1. The second-order valence-corrected chi connectivity index (χ2v) is 8.21. The van der Waals surface area contributed by atoms with Gasteiger partial charge in [-0.3, -0.25) is 10.1 Å². The number of carbonyl (C=O) groups is 1. The number of benzene rings is 2. The monoisotopic (exact) mass is 419 g/mol. The van der Waals surface area contributed by atoms with Crippen LogP contribution in [0, 0.1) is 0 Å². The maximum Gasteiger partial charge on any atom is 0.261 e. The van der Waals surface area contributed by atoms with Crippen molar-refractivity contribution in [3.63, 3.8) is 0 Å². The molecule has 0 unspecified atom stereocenters. The second kappa shape index (κ2) is 8.85. The molecule has 0 fully saturated rings. The third kappa shape index (κ3) is 4.44. The number of rotatable bonds is 7. The smallest absolute Gasteiger partial charge is 0.261 e. The van der Waals surface area contributed by atoms with Crippen LogP contribution in [-0.4, -0.2) is 31.6 Å². The van der Waals surface area contributed by atoms with Gasteiger partial charge >= 0.3 is 0 Å². The summed E-state index contributed by atoms with van der Waals surface area (Å²) < 4.78 is 2.49. The molecule has 0 radical (unpaired) electrons. The molecule has 0 atom stereocenters. The van der Waals surface area contributed by atoms with Crippen LogP contribution in [0.2, 0.25) is 0 Å². The first-order valence-electron chi connectivity index (χ1n) is 8.83. The van der Waals surface area contributed by atoms with E-state index < -0.39 is 0 Å². The van der Waals surface area contributed by atoms with Gasteiger partial charge in [-0.05, 0) is 12.1 Å². The Labute approximate surface area is 176 Å². The van der Waals surface area contributed by atoms with Gasteiger partial charge in [-0.25, -0.2) is 4.68 Å². The largest absolute Gasteiger partial charge is 0.296 e. The molecule has 0 aliphatic carbocycles. The predicted octanol–water partition coefficient (Wildman–Crippen LogP) is 4.92. The average molecular weight is 420 g/mol. The molecule has 4 rings (SSSR count). The first-order valence-corrected chi connectivity index (χ1v) is 10.6. The van der Waals surface area contributed by atoms with Gasteiger partial charge < -0.3 is 0 Å². The lowest BCUT2D eigenvalue weighted by Crippen LogP contribution is -2.12. The molecule has 29 heavy (non-hydrogen) atoms. The highest BCUT2D eigenvalue weighted by Gasteiger charge is 2.20. The van der Waals surface area contributed by atoms with Crippen LogP contribution < -0.4 is 5.32 Å². The Bertz CT molecular complexity index is 1120. The van der Waals surface area contributed by atoms with Crippen LogP contribution >= 0.6 is 23.1 Å². The molecule has 2 aromatic heterocycles. The maximum atomic E-state index is 13.0. The fraction of sp³-hybridized carbons (Fsp3) is 0.0476. The number of para-hydroxylation sites is 1. The van der Waals surface area contributed by atoms with E-state index in [0.717, 1.165) is 21.3 Å². The second-order valence-electron chi connectivity index (χ2n) is 5.96. The van der Waals surface area contributed by atoms with Crippen molar-refractivity contribution in [1.82, 2.24) is 20.0 Å². The maximum absolute atomic E-state index is 13.0. The molecule has 1 amide bonds. The van der Waals surface area contributed by atoms with E-state index in [-0.39, 0.29) is 5.91 Å². The van der Waals surface area contributed by atoms with E-state index in [2.05, 4.69) is 27.2 Å². The summed E-state index contributed by atoms with van der Waals surface area (Å²) in [6.45, 7) is 3.69. The summed E-state index contributed by atoms with van der Waals surface area (Å²) >= 11 is 2.86. The van der Waals surface area contributed by atoms with Crippen LogP contribution in [0.3, 0.4) is 0 Å². The molecular weight excluding hydrogens is 402 g/mol. The van der Waals surface area contributed by atoms with Crippen LogP contribution in [0.1, 0.15) is 10.4 Å². The molecule has 0 aliphatic heterocycles. The van der Waals surface area contributed by atoms with Gasteiger partial charge in [-0.1, -0.05) is 77.7 Å². The molecule has 0 aliphatic rings. The Hall–Kier alpha value is -3.23. The molecule has 0 saturated carbocycles. The van der Waals surface area contributed by atoms with Crippen molar-refractivity contribution >= 4 is 34.1 Å². The number of thioether (sulfide) groups is 1. The van der Waals surface area contributed by atoms with E-state index in [1.165, 1.54) is 23.1 Å². The molecule has 0 saturated heterocycles. The van der Waals surface area contributed by atoms with Crippen molar-refractivity contribution in [2.24, 2.45) is 0 Å². The molecule has 0 spiro atoms. The van der Waals surface area contributed by atoms with Crippen LogP contribution in [0.4, 0.5) is 5.13 Å². The highest BCUT2D eigenvalue weighted by atomic mass is 32.2. The Morgan fingerprint density at radius 2 is 1.83 bits per heavy atom. The fourth-order valence-corrected chi connectivity index (χ4v) is 4.18. The Balaban J connectivity index is 1.66. The highest BCUT2D eigenvalue weighted by Crippen LogP contribution is 2.28. The molecule has 6 nitrogen and oxygen atoms in total. The Morgan fingerprint density at radius 3 is 2.55 bits per heavy atom. The van der Waals surface area contributed by atoms with Crippen LogP contribution in [0.5, 0.6) is 0 Å². The molecule has 8 heteroatoms. The minimum absolute atomic E-state index is 0.276. The number of nitrogens with zero attached hydrogens (tertiary/aromatic N) is 4. The standard InChI is InChI=1S/C21H17N5OS2/c1-2-13-28-21-24-23-20(29-21)22-19(27)17-14-26(16-11-7-4-8-12-16)25-18(17)15-9-5-3-6-10-15/h2-12,14H,1,13H2,(H,22,23,27). The number of anilines is 1. The summed E-state index contributed by atoms with van der Waals surface area (Å²) in [5.74, 6) is 0.465. The summed E-state index contributed by atoms with van der Waals surface area (Å²) in [5.41, 5.74) is 2.82. The third-order valence-corrected chi connectivity index (χ3v) is 5.95. The lowest BCUT2D eigenvalue weighted by Gasteiger charge is -2.02. The van der Waals surface area contributed by atoms with Crippen molar-refractivity contribution in [3.05, 3.63) is 85.1 Å². The fourth-order valence-electron chi connectivity index (χ4n) is 2.68. The quantitative estimate of drug-likeness (QED) is 0.261. The first kappa shape index (κ1) is 19.1. The normalized spacial score (nSPS) is 10.6. The summed E-state index contributed by atoms with van der Waals surface area (Å²) in [6, 6.07) is 19.3. The zero-order chi connectivity index (χ0) is 20.1. The van der Waals surface area contributed by atoms with Crippen LogP contribution in [-0.2, 0) is 0 Å². The van der Waals surface area contributed by atoms with E-state index in [1.54, 1.807) is 17.0 Å². The topological polar surface area (TPSA) is 72.7 Å². The van der Waals surface area contributed by atoms with Crippen molar-refractivity contribution in [2.75, 3.05) is 11.1 Å². The number of aromatic nitrogens is 4. The number of carbonyl (C=O) groups excluding carboxylic acids is 1. The summed E-state index contributed by atoms with van der Waals surface area (Å²) in [6.07, 6.45) is 3.54. The first-order chi connectivity index (χ1) is 14.2. The molecule has 2 heterocycles. The molecule has 2 aromatic carbocycles. The van der Waals surface area contributed by atoms with Crippen molar-refractivity contribution in [3.8, 4) is 16.9 Å². The van der Waals surface area contributed by atoms with Crippen LogP contribution in [0.15, 0.2) is 83.9 Å². The van der Waals surface area contributed by atoms with Gasteiger partial charge in [0.25, 0.3) is 5.91 Å². The predicted molar refractivity (Wildman–Crippen MR) is 118 cm³/mol. The van der Waals surface area contributed by atoms with Gasteiger partial charge in [0.05, 0.1) is 11.3 Å². The molecule has 144 valence electrons. The third-order valence-electron chi connectivity index (χ3n) is 3.98. The van der Waals surface area contributed by atoms with E-state index in [1.807, 2.05) is 60.7 Å². The number of hydrogen-bond donors (Lipinski definition) is 1. The summed E-state index contributed by atoms with van der Waals surface area (Å²) in [5, 5.41) is 16.1. The summed E-state index contributed by atoms with van der Waals surface area (Å²) in [4.78, 5) is 13.0. The minimum Gasteiger partial charge on any atom is -0.296 e. The molecule has 1 N–H and O–H groups in total. The van der Waals surface area contributed by atoms with Crippen molar-refractivity contribution in [2.45, 2.75) is 4.34 Å². The van der Waals surface area contributed by atoms with Gasteiger partial charge in [-0.15, -0.1) is 16.8 Å². The van der Waals surface area contributed by atoms with Crippen LogP contribution in [0.25, 0.3) is 16.9 Å². The average Bonchev–Trinajstić information content (AvgIpc) is 3.41. The van der Waals surface area contributed by atoms with Gasteiger partial charge in [0.15, 0.2) is 4.34 Å². The lowest BCUT2D eigenvalue weighted by atomic mass is 10.1. The zero-order valence-electron chi connectivity index (χ0n) is 15.4. The van der Waals surface area contributed by atoms with Crippen molar-refractivity contribution in [1.29, 1.82) is 0 Å². The van der Waals surface area contributed by atoms with Gasteiger partial charge in [-0.2, -0.15) is 5.10 Å². The molecule has 0 bridgehead atoms. The zero-order valence-corrected chi connectivity index (χ0v) is 17.0. The Morgan fingerprint density at radius 1 is 1.10 bits per heavy atom. The van der Waals surface area contributed by atoms with Crippen molar-refractivity contribution < 1.29 is 4.79 Å². The van der Waals surface area contributed by atoms with E-state index in [9.17, 15) is 4.79 Å². The van der Waals surface area contributed by atoms with E-state index in [4.69, 9.17) is 0 Å². The van der Waals surface area contributed by atoms with Gasteiger partial charge in [0, 0.05) is 17.5 Å².